The van der Waals surface area contributed by atoms with Crippen molar-refractivity contribution in [1.82, 2.24) is 5.16 Å². The third-order valence-electron chi connectivity index (χ3n) is 3.75. The highest BCUT2D eigenvalue weighted by Crippen LogP contribution is 2.36. The monoisotopic (exact) mass is 461 g/mol. The smallest absolute Gasteiger partial charge is 0.265 e. The number of aromatic nitrogens is 1. The van der Waals surface area contributed by atoms with E-state index < -0.39 is 67.0 Å². The molecule has 0 amide bonds. The Morgan fingerprint density at radius 2 is 2.21 bits per heavy atom. The summed E-state index contributed by atoms with van der Waals surface area (Å²) in [7, 11) is -4.64. The second-order valence-corrected chi connectivity index (χ2v) is 8.61. The van der Waals surface area contributed by atoms with E-state index in [1.807, 2.05) is 4.72 Å². The Morgan fingerprint density at radius 3 is 2.93 bits per heavy atom. The first kappa shape index (κ1) is 12.9. The van der Waals surface area contributed by atoms with E-state index >= 15 is 0 Å². The van der Waals surface area contributed by atoms with Crippen molar-refractivity contribution in [2.75, 3.05) is 11.5 Å². The Hall–Kier alpha value is -2.56. The average molecular weight is 462 g/mol. The molecule has 3 aromatic rings. The van der Waals surface area contributed by atoms with Crippen molar-refractivity contribution >= 4 is 44.6 Å². The standard InChI is InChI=1S/C18H15ClN2O6S2/c1-9-5-13-14(26-8-25-13)7-11(9)6-12(22)17-15(3-4-28-17)29(23,24)21-18-16(19)10(2)20-27-18/h3-5,7,21H,6,8H2,1-2H3/i2D3,5D,6D2,7D. The number of halogens is 1. The molecule has 3 heterocycles. The van der Waals surface area contributed by atoms with Gasteiger partial charge in [-0.2, -0.15) is 0 Å². The molecule has 29 heavy (non-hydrogen) atoms. The van der Waals surface area contributed by atoms with Gasteiger partial charge >= 0.3 is 0 Å². The first-order valence-electron chi connectivity index (χ1n) is 11.3. The summed E-state index contributed by atoms with van der Waals surface area (Å²) < 4.78 is 98.7. The molecule has 0 fully saturated rings. The summed E-state index contributed by atoms with van der Waals surface area (Å²) in [4.78, 5) is 12.2. The third-order valence-corrected chi connectivity index (χ3v) is 6.52. The first-order valence-corrected chi connectivity index (χ1v) is 10.5. The summed E-state index contributed by atoms with van der Waals surface area (Å²) in [6.07, 6.45) is -2.94. The van der Waals surface area contributed by atoms with Crippen LogP contribution in [0.1, 0.15) is 36.1 Å². The van der Waals surface area contributed by atoms with Crippen LogP contribution in [0.4, 0.5) is 5.88 Å². The molecule has 0 saturated heterocycles. The van der Waals surface area contributed by atoms with Crippen molar-refractivity contribution in [3.05, 3.63) is 50.3 Å². The van der Waals surface area contributed by atoms with Gasteiger partial charge in [-0.3, -0.25) is 4.79 Å². The van der Waals surface area contributed by atoms with Crippen molar-refractivity contribution in [2.45, 2.75) is 25.0 Å². The minimum atomic E-state index is -4.64. The Bertz CT molecular complexity index is 1500. The van der Waals surface area contributed by atoms with E-state index in [0.717, 1.165) is 6.07 Å². The van der Waals surface area contributed by atoms with Gasteiger partial charge < -0.3 is 14.0 Å². The molecule has 0 spiro atoms. The summed E-state index contributed by atoms with van der Waals surface area (Å²) in [6, 6.07) is 0.268. The highest BCUT2D eigenvalue weighted by Gasteiger charge is 2.27. The van der Waals surface area contributed by atoms with Crippen LogP contribution in [0.15, 0.2) is 32.9 Å². The van der Waals surface area contributed by atoms with Crippen LogP contribution in [0.3, 0.4) is 0 Å². The molecule has 152 valence electrons. The zero-order valence-electron chi connectivity index (χ0n) is 21.5. The number of ether oxygens (including phenoxy) is 2. The molecule has 1 aliphatic heterocycles. The number of sulfonamides is 1. The normalized spacial score (nSPS) is 17.4. The number of carbonyl (C=O) groups excluding carboxylic acids is 1. The van der Waals surface area contributed by atoms with E-state index in [1.54, 1.807) is 0 Å². The number of rotatable bonds is 6. The molecule has 1 N–H and O–H groups in total. The van der Waals surface area contributed by atoms with E-state index in [2.05, 4.69) is 5.16 Å². The van der Waals surface area contributed by atoms with Crippen molar-refractivity contribution in [1.29, 1.82) is 0 Å². The molecule has 0 bridgehead atoms. The van der Waals surface area contributed by atoms with Gasteiger partial charge in [0.15, 0.2) is 17.3 Å². The molecule has 1 aliphatic rings. The molecule has 11 heteroatoms. The molecule has 0 atom stereocenters. The average Bonchev–Trinajstić information content (AvgIpc) is 3.51. The van der Waals surface area contributed by atoms with Gasteiger partial charge in [-0.1, -0.05) is 16.8 Å². The molecule has 0 saturated carbocycles. The maximum Gasteiger partial charge on any atom is 0.265 e. The number of Topliss-reactive ketones (excluding diaryl/α,β-unsaturated/α-hetero) is 1. The lowest BCUT2D eigenvalue weighted by molar-refractivity contribution is 0.0994. The number of hydrogen-bond acceptors (Lipinski definition) is 8. The number of ketones is 1. The lowest BCUT2D eigenvalue weighted by atomic mass is 10.0. The van der Waals surface area contributed by atoms with E-state index in [9.17, 15) is 13.2 Å². The summed E-state index contributed by atoms with van der Waals surface area (Å²) in [6.45, 7) is -1.72. The van der Waals surface area contributed by atoms with Crippen LogP contribution in [0.25, 0.3) is 0 Å². The molecule has 0 unspecified atom stereocenters. The molecular formula is C18H15ClN2O6S2. The first-order chi connectivity index (χ1) is 16.6. The van der Waals surface area contributed by atoms with Gasteiger partial charge in [-0.05, 0) is 48.4 Å². The van der Waals surface area contributed by atoms with Gasteiger partial charge in [0.2, 0.25) is 6.79 Å². The molecule has 0 aliphatic carbocycles. The second kappa shape index (κ2) is 7.36. The number of anilines is 1. The molecule has 1 aromatic carbocycles. The quantitative estimate of drug-likeness (QED) is 0.553. The highest BCUT2D eigenvalue weighted by molar-refractivity contribution is 7.93. The van der Waals surface area contributed by atoms with Gasteiger partial charge in [0, 0.05) is 13.2 Å². The number of nitrogens with zero attached hydrogens (tertiary/aromatic N) is 1. The van der Waals surface area contributed by atoms with Gasteiger partial charge in [-0.15, -0.1) is 11.3 Å². The molecule has 4 rings (SSSR count). The van der Waals surface area contributed by atoms with Crippen LogP contribution in [0.2, 0.25) is 5.02 Å². The number of nitrogens with one attached hydrogen (secondary N) is 1. The van der Waals surface area contributed by atoms with Crippen LogP contribution < -0.4 is 14.2 Å². The Labute approximate surface area is 185 Å². The summed E-state index contributed by atoms with van der Waals surface area (Å²) >= 11 is 6.53. The Balaban J connectivity index is 1.74. The minimum absolute atomic E-state index is 0.0477. The third kappa shape index (κ3) is 3.70. The lowest BCUT2D eigenvalue weighted by Gasteiger charge is -2.09. The fraction of sp³-hybridized carbons (Fsp3) is 0.222. The van der Waals surface area contributed by atoms with Gasteiger partial charge in [0.05, 0.1) is 7.62 Å². The summed E-state index contributed by atoms with van der Waals surface area (Å²) in [5, 5.41) is 3.90. The molecule has 0 radical (unpaired) electrons. The maximum absolute atomic E-state index is 13.4. The fourth-order valence-corrected chi connectivity index (χ4v) is 4.89. The van der Waals surface area contributed by atoms with E-state index in [1.165, 1.54) is 12.3 Å². The van der Waals surface area contributed by atoms with E-state index in [4.69, 9.17) is 35.2 Å². The van der Waals surface area contributed by atoms with E-state index in [0.29, 0.717) is 11.3 Å². The molecule has 2 aromatic heterocycles. The molecule has 8 nitrogen and oxygen atoms in total. The summed E-state index contributed by atoms with van der Waals surface area (Å²) in [5.41, 5.74) is -1.19. The maximum atomic E-state index is 13.4. The predicted molar refractivity (Wildman–Crippen MR) is 107 cm³/mol. The van der Waals surface area contributed by atoms with E-state index in [-0.39, 0.29) is 29.9 Å². The van der Waals surface area contributed by atoms with Gasteiger partial charge in [0.1, 0.15) is 15.6 Å². The van der Waals surface area contributed by atoms with Gasteiger partial charge in [0.25, 0.3) is 15.9 Å². The van der Waals surface area contributed by atoms with Crippen LogP contribution in [0.5, 0.6) is 11.5 Å². The number of hydrogen-bond donors (Lipinski definition) is 1. The zero-order chi connectivity index (χ0) is 26.8. The van der Waals surface area contributed by atoms with Crippen LogP contribution in [0, 0.1) is 13.8 Å². The number of benzene rings is 1. The Morgan fingerprint density at radius 1 is 1.45 bits per heavy atom. The van der Waals surface area contributed by atoms with Gasteiger partial charge in [-0.25, -0.2) is 13.1 Å². The highest BCUT2D eigenvalue weighted by atomic mass is 35.5. The summed E-state index contributed by atoms with van der Waals surface area (Å²) in [5.74, 6) is -2.23. The lowest BCUT2D eigenvalue weighted by Crippen LogP contribution is -2.16. The Kier molecular flexibility index (Phi) is 3.27. The van der Waals surface area contributed by atoms with Crippen molar-refractivity contribution in [3.63, 3.8) is 0 Å². The number of carbonyl (C=O) groups is 1. The zero-order valence-corrected chi connectivity index (χ0v) is 16.8. The second-order valence-electron chi connectivity index (χ2n) is 5.66. The van der Waals surface area contributed by atoms with Crippen molar-refractivity contribution in [3.8, 4) is 11.5 Å². The van der Waals surface area contributed by atoms with Crippen molar-refractivity contribution in [2.24, 2.45) is 0 Å². The van der Waals surface area contributed by atoms with Crippen molar-refractivity contribution < 1.29 is 36.8 Å². The van der Waals surface area contributed by atoms with Crippen LogP contribution in [-0.4, -0.2) is 26.2 Å². The molecular weight excluding hydrogens is 440 g/mol. The van der Waals surface area contributed by atoms with Crippen LogP contribution >= 0.6 is 22.9 Å². The topological polar surface area (TPSA) is 108 Å². The SMILES string of the molecule is [2H]c1c(C)c(C([2H])([2H])C(=O)c2sccc2S(=O)(=O)Nc2onc(C([2H])([2H])[2H])c2Cl)c([2H])c2c1OCO2. The largest absolute Gasteiger partial charge is 0.454 e. The fourth-order valence-electron chi connectivity index (χ4n) is 2.39. The number of aryl methyl sites for hydroxylation is 1. The minimum Gasteiger partial charge on any atom is -0.454 e. The number of thiophene rings is 1. The van der Waals surface area contributed by atoms with Crippen LogP contribution in [-0.2, 0) is 16.4 Å². The number of fused-ring (bicyclic) bond motifs is 1. The predicted octanol–water partition coefficient (Wildman–Crippen LogP) is 3.96.